The highest BCUT2D eigenvalue weighted by atomic mass is 32.2. The average Bonchev–Trinajstić information content (AvgIpc) is 2.58. The van der Waals surface area contributed by atoms with E-state index in [9.17, 15) is 21.6 Å². The molecule has 128 valence electrons. The molecule has 24 heavy (non-hydrogen) atoms. The summed E-state index contributed by atoms with van der Waals surface area (Å²) in [5, 5.41) is 0. The molecule has 7 heteroatoms. The van der Waals surface area contributed by atoms with Crippen molar-refractivity contribution in [2.24, 2.45) is 0 Å². The molecule has 0 unspecified atom stereocenters. The first kappa shape index (κ1) is 17.0. The lowest BCUT2D eigenvalue weighted by Crippen LogP contribution is -2.34. The monoisotopic (exact) mass is 355 g/mol. The third-order valence-corrected chi connectivity index (χ3v) is 6.32. The molecule has 1 aliphatic rings. The summed E-state index contributed by atoms with van der Waals surface area (Å²) >= 11 is 0. The quantitative estimate of drug-likeness (QED) is 0.786. The molecule has 1 aliphatic carbocycles. The topological polar surface area (TPSA) is 37.4 Å². The van der Waals surface area contributed by atoms with E-state index in [1.165, 1.54) is 7.05 Å². The lowest BCUT2D eigenvalue weighted by molar-refractivity contribution is 0.334. The van der Waals surface area contributed by atoms with Gasteiger partial charge in [-0.25, -0.2) is 21.6 Å². The van der Waals surface area contributed by atoms with Crippen molar-refractivity contribution in [3.05, 3.63) is 65.0 Å². The van der Waals surface area contributed by atoms with Crippen LogP contribution in [0.5, 0.6) is 0 Å². The molecule has 0 N–H and O–H groups in total. The Bertz CT molecular complexity index is 883. The predicted molar refractivity (Wildman–Crippen MR) is 83.4 cm³/mol. The van der Waals surface area contributed by atoms with Gasteiger partial charge in [-0.3, -0.25) is 0 Å². The Balaban J connectivity index is 2.04. The lowest BCUT2D eigenvalue weighted by atomic mass is 9.88. The third kappa shape index (κ3) is 2.71. The molecule has 3 nitrogen and oxygen atoms in total. The maximum atomic E-state index is 14.0. The van der Waals surface area contributed by atoms with Crippen molar-refractivity contribution in [3.63, 3.8) is 0 Å². The lowest BCUT2D eigenvalue weighted by Gasteiger charge is -2.32. The van der Waals surface area contributed by atoms with Gasteiger partial charge < -0.3 is 0 Å². The van der Waals surface area contributed by atoms with Gasteiger partial charge in [-0.2, -0.15) is 4.31 Å². The third-order valence-electron chi connectivity index (χ3n) is 4.43. The van der Waals surface area contributed by atoms with Gasteiger partial charge in [0, 0.05) is 13.1 Å². The number of sulfonamides is 1. The second kappa shape index (κ2) is 6.22. The molecular weight excluding hydrogens is 339 g/mol. The summed E-state index contributed by atoms with van der Waals surface area (Å²) in [6.45, 7) is 0. The maximum absolute atomic E-state index is 14.0. The van der Waals surface area contributed by atoms with E-state index in [2.05, 4.69) is 0 Å². The highest BCUT2D eigenvalue weighted by Crippen LogP contribution is 2.36. The van der Waals surface area contributed by atoms with Crippen molar-refractivity contribution < 1.29 is 21.6 Å². The summed E-state index contributed by atoms with van der Waals surface area (Å²) in [6.07, 6.45) is 2.22. The summed E-state index contributed by atoms with van der Waals surface area (Å²) in [7, 11) is -2.96. The molecule has 2 aromatic carbocycles. The molecule has 3 rings (SSSR count). The van der Waals surface area contributed by atoms with Crippen LogP contribution in [0.15, 0.2) is 41.3 Å². The molecule has 0 bridgehead atoms. The molecule has 0 saturated carbocycles. The van der Waals surface area contributed by atoms with Gasteiger partial charge in [0.2, 0.25) is 10.0 Å². The Morgan fingerprint density at radius 1 is 1.04 bits per heavy atom. The predicted octanol–water partition coefficient (Wildman–Crippen LogP) is 3.80. The maximum Gasteiger partial charge on any atom is 0.246 e. The van der Waals surface area contributed by atoms with Crippen LogP contribution in [0.2, 0.25) is 0 Å². The largest absolute Gasteiger partial charge is 0.246 e. The fourth-order valence-electron chi connectivity index (χ4n) is 3.14. The molecule has 0 amide bonds. The molecule has 0 aliphatic heterocycles. The van der Waals surface area contributed by atoms with Gasteiger partial charge in [0.1, 0.15) is 4.90 Å². The summed E-state index contributed by atoms with van der Waals surface area (Å²) < 4.78 is 67.0. The molecule has 2 aromatic rings. The molecule has 0 fully saturated rings. The highest BCUT2D eigenvalue weighted by Gasteiger charge is 2.34. The second-order valence-corrected chi connectivity index (χ2v) is 7.77. The van der Waals surface area contributed by atoms with Crippen LogP contribution in [0, 0.1) is 17.5 Å². The number of rotatable bonds is 3. The summed E-state index contributed by atoms with van der Waals surface area (Å²) in [6, 6.07) is 8.38. The summed E-state index contributed by atoms with van der Waals surface area (Å²) in [5.41, 5.74) is 1.90. The molecule has 0 radical (unpaired) electrons. The number of hydrogen-bond acceptors (Lipinski definition) is 2. The minimum Gasteiger partial charge on any atom is -0.207 e. The van der Waals surface area contributed by atoms with E-state index in [0.29, 0.717) is 12.5 Å². The van der Waals surface area contributed by atoms with Crippen LogP contribution in [0.3, 0.4) is 0 Å². The van der Waals surface area contributed by atoms with Crippen molar-refractivity contribution in [2.75, 3.05) is 7.05 Å². The first-order chi connectivity index (χ1) is 11.3. The number of halogens is 3. The minimum absolute atomic E-state index is 0.465. The van der Waals surface area contributed by atoms with Crippen LogP contribution in [0.25, 0.3) is 0 Å². The van der Waals surface area contributed by atoms with E-state index in [-0.39, 0.29) is 0 Å². The first-order valence-corrected chi connectivity index (χ1v) is 8.97. The molecule has 0 aromatic heterocycles. The van der Waals surface area contributed by atoms with Gasteiger partial charge in [-0.15, -0.1) is 0 Å². The molecular formula is C17H16F3NO2S. The summed E-state index contributed by atoms with van der Waals surface area (Å²) in [5.74, 6) is -4.89. The molecule has 0 saturated heterocycles. The summed E-state index contributed by atoms with van der Waals surface area (Å²) in [4.78, 5) is -0.855. The zero-order chi connectivity index (χ0) is 17.5. The number of nitrogens with zero attached hydrogens (tertiary/aromatic N) is 1. The standard InChI is InChI=1S/C17H16F3NO2S/c1-21(14-8-4-6-11-5-2-3-7-12(11)14)24(22,23)15-10-9-13(18)16(19)17(15)20/h2-3,5,7,9-10,14H,4,6,8H2,1H3/t14-/m0/s1. The Labute approximate surface area is 138 Å². The van der Waals surface area contributed by atoms with E-state index in [4.69, 9.17) is 0 Å². The SMILES string of the molecule is CN([C@H]1CCCc2ccccc21)S(=O)(=O)c1ccc(F)c(F)c1F. The fourth-order valence-corrected chi connectivity index (χ4v) is 4.56. The zero-order valence-electron chi connectivity index (χ0n) is 13.0. The number of hydrogen-bond donors (Lipinski definition) is 0. The minimum atomic E-state index is -4.30. The van der Waals surface area contributed by atoms with Gasteiger partial charge in [0.05, 0.1) is 0 Å². The number of fused-ring (bicyclic) bond motifs is 1. The first-order valence-electron chi connectivity index (χ1n) is 7.53. The smallest absolute Gasteiger partial charge is 0.207 e. The van der Waals surface area contributed by atoms with Crippen LogP contribution in [-0.4, -0.2) is 19.8 Å². The van der Waals surface area contributed by atoms with Crippen LogP contribution < -0.4 is 0 Å². The van der Waals surface area contributed by atoms with Crippen LogP contribution >= 0.6 is 0 Å². The Hall–Kier alpha value is -1.86. The molecule has 0 heterocycles. The Morgan fingerprint density at radius 2 is 1.75 bits per heavy atom. The second-order valence-electron chi connectivity index (χ2n) is 5.80. The number of aryl methyl sites for hydroxylation is 1. The Kier molecular flexibility index (Phi) is 4.40. The van der Waals surface area contributed by atoms with E-state index < -0.39 is 38.4 Å². The van der Waals surface area contributed by atoms with E-state index in [1.54, 1.807) is 0 Å². The van der Waals surface area contributed by atoms with Crippen molar-refractivity contribution in [1.29, 1.82) is 0 Å². The van der Waals surface area contributed by atoms with Crippen molar-refractivity contribution in [1.82, 2.24) is 4.31 Å². The van der Waals surface area contributed by atoms with Gasteiger partial charge in [-0.05, 0) is 42.5 Å². The van der Waals surface area contributed by atoms with Crippen LogP contribution in [0.4, 0.5) is 13.2 Å². The zero-order valence-corrected chi connectivity index (χ0v) is 13.8. The van der Waals surface area contributed by atoms with E-state index in [1.807, 2.05) is 24.3 Å². The Morgan fingerprint density at radius 3 is 2.50 bits per heavy atom. The van der Waals surface area contributed by atoms with Crippen LogP contribution in [-0.2, 0) is 16.4 Å². The van der Waals surface area contributed by atoms with Crippen molar-refractivity contribution in [3.8, 4) is 0 Å². The van der Waals surface area contributed by atoms with Crippen molar-refractivity contribution in [2.45, 2.75) is 30.2 Å². The molecule has 1 atom stereocenters. The normalized spacial score (nSPS) is 17.8. The van der Waals surface area contributed by atoms with Crippen LogP contribution in [0.1, 0.15) is 30.0 Å². The van der Waals surface area contributed by atoms with Gasteiger partial charge >= 0.3 is 0 Å². The van der Waals surface area contributed by atoms with Gasteiger partial charge in [0.15, 0.2) is 17.5 Å². The van der Waals surface area contributed by atoms with Crippen molar-refractivity contribution >= 4 is 10.0 Å². The van der Waals surface area contributed by atoms with Gasteiger partial charge in [0.25, 0.3) is 0 Å². The fraction of sp³-hybridized carbons (Fsp3) is 0.294. The highest BCUT2D eigenvalue weighted by molar-refractivity contribution is 7.89. The number of benzene rings is 2. The average molecular weight is 355 g/mol. The molecule has 0 spiro atoms. The van der Waals surface area contributed by atoms with E-state index >= 15 is 0 Å². The van der Waals surface area contributed by atoms with Gasteiger partial charge in [-0.1, -0.05) is 24.3 Å². The van der Waals surface area contributed by atoms with E-state index in [0.717, 1.165) is 34.3 Å².